The Balaban J connectivity index is 1.77. The molecule has 0 radical (unpaired) electrons. The minimum absolute atomic E-state index is 0.104. The molecule has 1 saturated heterocycles. The summed E-state index contributed by atoms with van der Waals surface area (Å²) in [5, 5.41) is 0. The average Bonchev–Trinajstić information content (AvgIpc) is 2.99. The molecule has 2 unspecified atom stereocenters. The molecule has 0 aromatic heterocycles. The molecule has 0 bridgehead atoms. The lowest BCUT2D eigenvalue weighted by molar-refractivity contribution is 0.0780. The van der Waals surface area contributed by atoms with Crippen LogP contribution in [0.1, 0.15) is 29.6 Å². The van der Waals surface area contributed by atoms with Crippen molar-refractivity contribution in [2.24, 2.45) is 11.8 Å². The first-order chi connectivity index (χ1) is 9.19. The van der Waals surface area contributed by atoms with Crippen LogP contribution in [0.4, 0.5) is 5.69 Å². The van der Waals surface area contributed by atoms with Gasteiger partial charge in [0.25, 0.3) is 5.91 Å². The summed E-state index contributed by atoms with van der Waals surface area (Å²) in [4.78, 5) is 14.5. The van der Waals surface area contributed by atoms with E-state index in [2.05, 4.69) is 0 Å². The molecule has 19 heavy (non-hydrogen) atoms. The highest BCUT2D eigenvalue weighted by Gasteiger charge is 2.38. The van der Waals surface area contributed by atoms with Crippen molar-refractivity contribution in [2.75, 3.05) is 25.9 Å². The number of carbonyl (C=O) groups excluding carboxylic acids is 1. The number of amides is 1. The normalized spacial score (nSPS) is 25.4. The minimum Gasteiger partial charge on any atom is -0.495 e. The van der Waals surface area contributed by atoms with E-state index in [1.165, 1.54) is 19.3 Å². The van der Waals surface area contributed by atoms with E-state index in [1.807, 2.05) is 4.90 Å². The van der Waals surface area contributed by atoms with Crippen LogP contribution >= 0.6 is 0 Å². The van der Waals surface area contributed by atoms with Crippen molar-refractivity contribution in [3.05, 3.63) is 23.8 Å². The molecule has 1 aromatic rings. The maximum atomic E-state index is 12.5. The molecule has 4 nitrogen and oxygen atoms in total. The molecule has 2 atom stereocenters. The van der Waals surface area contributed by atoms with E-state index in [0.29, 0.717) is 17.0 Å². The molecule has 1 saturated carbocycles. The van der Waals surface area contributed by atoms with Gasteiger partial charge in [-0.1, -0.05) is 6.42 Å². The molecule has 0 spiro atoms. The highest BCUT2D eigenvalue weighted by atomic mass is 16.5. The summed E-state index contributed by atoms with van der Waals surface area (Å²) in [6, 6.07) is 5.27. The molecule has 2 N–H and O–H groups in total. The molecule has 1 heterocycles. The van der Waals surface area contributed by atoms with E-state index in [9.17, 15) is 4.79 Å². The van der Waals surface area contributed by atoms with Crippen LogP contribution in [0.2, 0.25) is 0 Å². The Morgan fingerprint density at radius 3 is 2.63 bits per heavy atom. The molecule has 1 aliphatic heterocycles. The van der Waals surface area contributed by atoms with Gasteiger partial charge < -0.3 is 15.4 Å². The maximum Gasteiger partial charge on any atom is 0.254 e. The number of nitrogens with zero attached hydrogens (tertiary/aromatic N) is 1. The monoisotopic (exact) mass is 260 g/mol. The van der Waals surface area contributed by atoms with Crippen LogP contribution in [0.25, 0.3) is 0 Å². The zero-order chi connectivity index (χ0) is 13.4. The summed E-state index contributed by atoms with van der Waals surface area (Å²) in [5.41, 5.74) is 7.02. The van der Waals surface area contributed by atoms with Gasteiger partial charge in [0.15, 0.2) is 0 Å². The van der Waals surface area contributed by atoms with Crippen molar-refractivity contribution in [2.45, 2.75) is 19.3 Å². The number of hydrogen-bond donors (Lipinski definition) is 1. The summed E-state index contributed by atoms with van der Waals surface area (Å²) in [7, 11) is 1.57. The number of likely N-dealkylation sites (tertiary alicyclic amines) is 1. The third-order valence-electron chi connectivity index (χ3n) is 4.49. The van der Waals surface area contributed by atoms with Crippen LogP contribution in [0.3, 0.4) is 0 Å². The maximum absolute atomic E-state index is 12.5. The number of anilines is 1. The number of ether oxygens (including phenoxy) is 1. The van der Waals surface area contributed by atoms with Gasteiger partial charge in [0.05, 0.1) is 12.8 Å². The third-order valence-corrected chi connectivity index (χ3v) is 4.49. The van der Waals surface area contributed by atoms with E-state index in [-0.39, 0.29) is 5.91 Å². The van der Waals surface area contributed by atoms with E-state index >= 15 is 0 Å². The Morgan fingerprint density at radius 2 is 2.00 bits per heavy atom. The van der Waals surface area contributed by atoms with E-state index in [4.69, 9.17) is 10.5 Å². The fraction of sp³-hybridized carbons (Fsp3) is 0.533. The molecular weight excluding hydrogens is 240 g/mol. The number of nitrogen functional groups attached to an aromatic ring is 1. The average molecular weight is 260 g/mol. The number of benzene rings is 1. The first-order valence-electron chi connectivity index (χ1n) is 6.92. The zero-order valence-electron chi connectivity index (χ0n) is 11.3. The fourth-order valence-electron chi connectivity index (χ4n) is 3.43. The lowest BCUT2D eigenvalue weighted by atomic mass is 10.0. The third kappa shape index (κ3) is 2.15. The number of nitrogens with two attached hydrogens (primary N) is 1. The Hall–Kier alpha value is -1.71. The summed E-state index contributed by atoms with van der Waals surface area (Å²) >= 11 is 0. The highest BCUT2D eigenvalue weighted by Crippen LogP contribution is 2.38. The van der Waals surface area contributed by atoms with Crippen molar-refractivity contribution in [3.63, 3.8) is 0 Å². The number of methoxy groups -OCH3 is 1. The first-order valence-corrected chi connectivity index (χ1v) is 6.92. The summed E-state index contributed by atoms with van der Waals surface area (Å²) in [6.07, 6.45) is 3.88. The van der Waals surface area contributed by atoms with Crippen LogP contribution in [0.5, 0.6) is 5.75 Å². The van der Waals surface area contributed by atoms with Gasteiger partial charge in [-0.2, -0.15) is 0 Å². The Kier molecular flexibility index (Phi) is 3.09. The predicted octanol–water partition coefficient (Wildman–Crippen LogP) is 2.15. The fourth-order valence-corrected chi connectivity index (χ4v) is 3.43. The quantitative estimate of drug-likeness (QED) is 0.829. The van der Waals surface area contributed by atoms with E-state index in [1.54, 1.807) is 25.3 Å². The molecule has 4 heteroatoms. The SMILES string of the molecule is COc1cc(C(=O)N2CC3CCCC3C2)ccc1N. The van der Waals surface area contributed by atoms with Gasteiger partial charge in [0.1, 0.15) is 5.75 Å². The van der Waals surface area contributed by atoms with Crippen LogP contribution in [-0.4, -0.2) is 31.0 Å². The van der Waals surface area contributed by atoms with Gasteiger partial charge in [-0.25, -0.2) is 0 Å². The molecule has 3 rings (SSSR count). The van der Waals surface area contributed by atoms with Crippen LogP contribution in [0, 0.1) is 11.8 Å². The molecule has 1 aromatic carbocycles. The van der Waals surface area contributed by atoms with Gasteiger partial charge in [-0.05, 0) is 42.9 Å². The Morgan fingerprint density at radius 1 is 1.32 bits per heavy atom. The zero-order valence-corrected chi connectivity index (χ0v) is 11.3. The van der Waals surface area contributed by atoms with Crippen LogP contribution in [-0.2, 0) is 0 Å². The largest absolute Gasteiger partial charge is 0.495 e. The molecule has 1 amide bonds. The van der Waals surface area contributed by atoms with Crippen LogP contribution < -0.4 is 10.5 Å². The van der Waals surface area contributed by atoms with Gasteiger partial charge >= 0.3 is 0 Å². The molecule has 1 aliphatic carbocycles. The molecule has 102 valence electrons. The van der Waals surface area contributed by atoms with Crippen molar-refractivity contribution < 1.29 is 9.53 Å². The topological polar surface area (TPSA) is 55.6 Å². The Labute approximate surface area is 113 Å². The van der Waals surface area contributed by atoms with E-state index in [0.717, 1.165) is 24.9 Å². The summed E-state index contributed by atoms with van der Waals surface area (Å²) in [5.74, 6) is 2.12. The second-order valence-corrected chi connectivity index (χ2v) is 5.62. The lowest BCUT2D eigenvalue weighted by Crippen LogP contribution is -2.29. The molecule has 2 aliphatic rings. The highest BCUT2D eigenvalue weighted by molar-refractivity contribution is 5.95. The molecular formula is C15H20N2O2. The number of carbonyl (C=O) groups is 1. The standard InChI is InChI=1S/C15H20N2O2/c1-19-14-7-10(5-6-13(14)16)15(18)17-8-11-3-2-4-12(11)9-17/h5-7,11-12H,2-4,8-9,16H2,1H3. The van der Waals surface area contributed by atoms with E-state index < -0.39 is 0 Å². The van der Waals surface area contributed by atoms with Gasteiger partial charge in [0, 0.05) is 18.7 Å². The van der Waals surface area contributed by atoms with Crippen molar-refractivity contribution >= 4 is 11.6 Å². The minimum atomic E-state index is 0.104. The summed E-state index contributed by atoms with van der Waals surface area (Å²) < 4.78 is 5.18. The van der Waals surface area contributed by atoms with Crippen molar-refractivity contribution in [1.82, 2.24) is 4.90 Å². The summed E-state index contributed by atoms with van der Waals surface area (Å²) in [6.45, 7) is 1.83. The van der Waals surface area contributed by atoms with Gasteiger partial charge in [0.2, 0.25) is 0 Å². The van der Waals surface area contributed by atoms with Crippen molar-refractivity contribution in [3.8, 4) is 5.75 Å². The van der Waals surface area contributed by atoms with Gasteiger partial charge in [-0.15, -0.1) is 0 Å². The van der Waals surface area contributed by atoms with Gasteiger partial charge in [-0.3, -0.25) is 4.79 Å². The second kappa shape index (κ2) is 4.76. The molecule has 2 fully saturated rings. The smallest absolute Gasteiger partial charge is 0.254 e. The Bertz CT molecular complexity index is 489. The van der Waals surface area contributed by atoms with Crippen molar-refractivity contribution in [1.29, 1.82) is 0 Å². The number of rotatable bonds is 2. The van der Waals surface area contributed by atoms with Crippen LogP contribution in [0.15, 0.2) is 18.2 Å². The number of hydrogen-bond acceptors (Lipinski definition) is 3. The lowest BCUT2D eigenvalue weighted by Gasteiger charge is -2.18. The number of fused-ring (bicyclic) bond motifs is 1. The predicted molar refractivity (Wildman–Crippen MR) is 74.1 cm³/mol. The first kappa shape index (κ1) is 12.3. The second-order valence-electron chi connectivity index (χ2n) is 5.62.